The summed E-state index contributed by atoms with van der Waals surface area (Å²) in [5, 5.41) is 18.2. The number of non-ortho nitro benzene ring substituents is 1. The number of pyridine rings is 1. The third-order valence-corrected chi connectivity index (χ3v) is 2.76. The van der Waals surface area contributed by atoms with Crippen molar-refractivity contribution in [2.45, 2.75) is 0 Å². The van der Waals surface area contributed by atoms with Gasteiger partial charge in [-0.1, -0.05) is 0 Å². The normalized spacial score (nSPS) is 10.8. The summed E-state index contributed by atoms with van der Waals surface area (Å²) in [5.74, 6) is -0.588. The second-order valence-corrected chi connectivity index (χ2v) is 3.93. The molecular formula is C12H7FN4O2. The van der Waals surface area contributed by atoms with Gasteiger partial charge in [0.25, 0.3) is 5.69 Å². The fraction of sp³-hybridized carbons (Fsp3) is 0. The number of nitro benzene ring substituents is 1. The summed E-state index contributed by atoms with van der Waals surface area (Å²) >= 11 is 0. The summed E-state index contributed by atoms with van der Waals surface area (Å²) in [6.45, 7) is 0. The first-order valence-electron chi connectivity index (χ1n) is 5.39. The van der Waals surface area contributed by atoms with E-state index < -0.39 is 10.9 Å². The zero-order valence-corrected chi connectivity index (χ0v) is 9.50. The van der Waals surface area contributed by atoms with Crippen LogP contribution in [0.15, 0.2) is 36.5 Å². The molecule has 3 rings (SSSR count). The fourth-order valence-corrected chi connectivity index (χ4v) is 1.85. The van der Waals surface area contributed by atoms with Gasteiger partial charge in [0, 0.05) is 29.3 Å². The van der Waals surface area contributed by atoms with Gasteiger partial charge in [-0.3, -0.25) is 15.2 Å². The first kappa shape index (κ1) is 11.3. The van der Waals surface area contributed by atoms with Crippen LogP contribution < -0.4 is 0 Å². The Hall–Kier alpha value is -2.83. The molecule has 0 aliphatic rings. The first-order valence-corrected chi connectivity index (χ1v) is 5.39. The van der Waals surface area contributed by atoms with Gasteiger partial charge >= 0.3 is 0 Å². The summed E-state index contributed by atoms with van der Waals surface area (Å²) in [6.07, 6.45) is 1.34. The molecule has 7 heteroatoms. The topological polar surface area (TPSA) is 84.7 Å². The summed E-state index contributed by atoms with van der Waals surface area (Å²) in [6, 6.07) is 7.15. The molecule has 0 amide bonds. The van der Waals surface area contributed by atoms with E-state index in [-0.39, 0.29) is 5.69 Å². The molecule has 0 fully saturated rings. The molecule has 3 aromatic rings. The Balaban J connectivity index is 2.21. The smallest absolute Gasteiger partial charge is 0.270 e. The monoisotopic (exact) mass is 258 g/mol. The molecule has 1 N–H and O–H groups in total. The van der Waals surface area contributed by atoms with Gasteiger partial charge in [0.2, 0.25) is 5.95 Å². The van der Waals surface area contributed by atoms with Crippen LogP contribution in [0, 0.1) is 16.1 Å². The lowest BCUT2D eigenvalue weighted by Crippen LogP contribution is -1.87. The average Bonchev–Trinajstić information content (AvgIpc) is 2.82. The van der Waals surface area contributed by atoms with Crippen molar-refractivity contribution >= 4 is 16.6 Å². The molecule has 94 valence electrons. The number of halogens is 1. The Kier molecular flexibility index (Phi) is 2.45. The molecule has 19 heavy (non-hydrogen) atoms. The van der Waals surface area contributed by atoms with E-state index in [2.05, 4.69) is 15.2 Å². The SMILES string of the molecule is O=[N+]([O-])c1ccc2[nH]nc(-c3ccc(F)nc3)c2c1. The number of hydrogen-bond acceptors (Lipinski definition) is 4. The van der Waals surface area contributed by atoms with Crippen molar-refractivity contribution in [2.75, 3.05) is 0 Å². The van der Waals surface area contributed by atoms with Crippen LogP contribution in [0.2, 0.25) is 0 Å². The number of fused-ring (bicyclic) bond motifs is 1. The van der Waals surface area contributed by atoms with Gasteiger partial charge in [-0.2, -0.15) is 9.49 Å². The molecule has 0 aliphatic carbocycles. The van der Waals surface area contributed by atoms with E-state index in [9.17, 15) is 14.5 Å². The van der Waals surface area contributed by atoms with Crippen LogP contribution >= 0.6 is 0 Å². The number of nitrogens with zero attached hydrogens (tertiary/aromatic N) is 3. The predicted octanol–water partition coefficient (Wildman–Crippen LogP) is 2.67. The number of nitro groups is 1. The fourth-order valence-electron chi connectivity index (χ4n) is 1.85. The van der Waals surface area contributed by atoms with Crippen molar-refractivity contribution in [1.29, 1.82) is 0 Å². The van der Waals surface area contributed by atoms with Gasteiger partial charge in [-0.25, -0.2) is 4.98 Å². The number of H-pyrrole nitrogens is 1. The van der Waals surface area contributed by atoms with E-state index in [1.54, 1.807) is 6.07 Å². The molecule has 0 atom stereocenters. The summed E-state index contributed by atoms with van der Waals surface area (Å²) in [5.41, 5.74) is 1.74. The molecule has 0 saturated carbocycles. The minimum absolute atomic E-state index is 0.0229. The Morgan fingerprint density at radius 1 is 1.26 bits per heavy atom. The standard InChI is InChI=1S/C12H7FN4O2/c13-11-4-1-7(6-14-11)12-9-5-8(17(18)19)2-3-10(9)15-16-12/h1-6H,(H,15,16). The van der Waals surface area contributed by atoms with Crippen molar-refractivity contribution in [2.24, 2.45) is 0 Å². The average molecular weight is 258 g/mol. The molecule has 0 aliphatic heterocycles. The lowest BCUT2D eigenvalue weighted by Gasteiger charge is -1.97. The van der Waals surface area contributed by atoms with Gasteiger partial charge in [-0.05, 0) is 18.2 Å². The molecule has 6 nitrogen and oxygen atoms in total. The molecule has 2 heterocycles. The molecule has 2 aromatic heterocycles. The van der Waals surface area contributed by atoms with Crippen molar-refractivity contribution in [3.05, 3.63) is 52.6 Å². The van der Waals surface area contributed by atoms with Gasteiger partial charge in [0.1, 0.15) is 5.69 Å². The van der Waals surface area contributed by atoms with Gasteiger partial charge in [0.05, 0.1) is 10.4 Å². The van der Waals surface area contributed by atoms with Crippen LogP contribution in [0.4, 0.5) is 10.1 Å². The number of aromatic nitrogens is 3. The Morgan fingerprint density at radius 2 is 2.11 bits per heavy atom. The molecular weight excluding hydrogens is 251 g/mol. The van der Waals surface area contributed by atoms with Crippen molar-refractivity contribution in [3.63, 3.8) is 0 Å². The van der Waals surface area contributed by atoms with Crippen LogP contribution in [0.5, 0.6) is 0 Å². The maximum atomic E-state index is 12.8. The highest BCUT2D eigenvalue weighted by Gasteiger charge is 2.13. The summed E-state index contributed by atoms with van der Waals surface area (Å²) < 4.78 is 12.8. The van der Waals surface area contributed by atoms with Gasteiger partial charge in [-0.15, -0.1) is 0 Å². The highest BCUT2D eigenvalue weighted by Crippen LogP contribution is 2.28. The third kappa shape index (κ3) is 1.90. The molecule has 0 saturated heterocycles. The zero-order valence-electron chi connectivity index (χ0n) is 9.50. The predicted molar refractivity (Wildman–Crippen MR) is 65.9 cm³/mol. The summed E-state index contributed by atoms with van der Waals surface area (Å²) in [7, 11) is 0. The lowest BCUT2D eigenvalue weighted by molar-refractivity contribution is -0.384. The van der Waals surface area contributed by atoms with Gasteiger partial charge in [0.15, 0.2) is 0 Å². The van der Waals surface area contributed by atoms with E-state index in [0.29, 0.717) is 22.2 Å². The number of rotatable bonds is 2. The molecule has 0 radical (unpaired) electrons. The lowest BCUT2D eigenvalue weighted by atomic mass is 10.1. The van der Waals surface area contributed by atoms with E-state index in [1.807, 2.05) is 0 Å². The number of benzene rings is 1. The maximum absolute atomic E-state index is 12.8. The minimum Gasteiger partial charge on any atom is -0.277 e. The van der Waals surface area contributed by atoms with Crippen molar-refractivity contribution in [3.8, 4) is 11.3 Å². The van der Waals surface area contributed by atoms with E-state index >= 15 is 0 Å². The quantitative estimate of drug-likeness (QED) is 0.435. The van der Waals surface area contributed by atoms with E-state index in [4.69, 9.17) is 0 Å². The zero-order chi connectivity index (χ0) is 13.4. The van der Waals surface area contributed by atoms with Crippen LogP contribution in [-0.2, 0) is 0 Å². The Bertz CT molecular complexity index is 767. The van der Waals surface area contributed by atoms with Crippen molar-refractivity contribution in [1.82, 2.24) is 15.2 Å². The highest BCUT2D eigenvalue weighted by molar-refractivity contribution is 5.94. The largest absolute Gasteiger partial charge is 0.277 e. The second kappa shape index (κ2) is 4.13. The Morgan fingerprint density at radius 3 is 2.79 bits per heavy atom. The summed E-state index contributed by atoms with van der Waals surface area (Å²) in [4.78, 5) is 13.8. The third-order valence-electron chi connectivity index (χ3n) is 2.76. The van der Waals surface area contributed by atoms with Crippen LogP contribution in [0.3, 0.4) is 0 Å². The molecule has 0 bridgehead atoms. The van der Waals surface area contributed by atoms with E-state index in [0.717, 1.165) is 0 Å². The first-order chi connectivity index (χ1) is 9.15. The van der Waals surface area contributed by atoms with Crippen LogP contribution in [0.1, 0.15) is 0 Å². The minimum atomic E-state index is -0.588. The Labute approximate surface area is 106 Å². The second-order valence-electron chi connectivity index (χ2n) is 3.93. The number of aromatic amines is 1. The maximum Gasteiger partial charge on any atom is 0.270 e. The van der Waals surface area contributed by atoms with Gasteiger partial charge < -0.3 is 0 Å². The van der Waals surface area contributed by atoms with Crippen molar-refractivity contribution < 1.29 is 9.31 Å². The molecule has 0 unspecified atom stereocenters. The van der Waals surface area contributed by atoms with Crippen LogP contribution in [-0.4, -0.2) is 20.1 Å². The van der Waals surface area contributed by atoms with E-state index in [1.165, 1.54) is 30.5 Å². The van der Waals surface area contributed by atoms with Crippen LogP contribution in [0.25, 0.3) is 22.2 Å². The number of hydrogen-bond donors (Lipinski definition) is 1. The number of nitrogens with one attached hydrogen (secondary N) is 1. The molecule has 0 spiro atoms. The highest BCUT2D eigenvalue weighted by atomic mass is 19.1. The molecule has 1 aromatic carbocycles.